The standard InChI is InChI=1S/C22H24N4O2/c1-17-6-5-7-19(14-17)24-22(27)18(15-23)16-25-10-12-26(13-11-25)20-8-3-4-9-21(20)28-2/h3-9,14,16H,10-13H2,1-2H3,(H,24,27)/b18-16-. The maximum absolute atomic E-state index is 12.4. The number of aryl methyl sites for hydroxylation is 1. The van der Waals surface area contributed by atoms with E-state index in [0.717, 1.165) is 43.2 Å². The molecule has 2 aromatic carbocycles. The van der Waals surface area contributed by atoms with E-state index in [9.17, 15) is 10.1 Å². The summed E-state index contributed by atoms with van der Waals surface area (Å²) in [5, 5.41) is 12.2. The first-order valence-corrected chi connectivity index (χ1v) is 9.22. The van der Waals surface area contributed by atoms with Gasteiger partial charge in [-0.2, -0.15) is 5.26 Å². The topological polar surface area (TPSA) is 68.6 Å². The van der Waals surface area contributed by atoms with Crippen molar-refractivity contribution in [1.82, 2.24) is 4.90 Å². The number of amides is 1. The van der Waals surface area contributed by atoms with Crippen LogP contribution in [0.3, 0.4) is 0 Å². The molecule has 6 nitrogen and oxygen atoms in total. The molecule has 0 radical (unpaired) electrons. The number of nitrogens with zero attached hydrogens (tertiary/aromatic N) is 3. The highest BCUT2D eigenvalue weighted by molar-refractivity contribution is 6.06. The smallest absolute Gasteiger partial charge is 0.267 e. The molecule has 0 aromatic heterocycles. The lowest BCUT2D eigenvalue weighted by Crippen LogP contribution is -2.44. The molecule has 0 atom stereocenters. The van der Waals surface area contributed by atoms with Gasteiger partial charge in [-0.25, -0.2) is 0 Å². The van der Waals surface area contributed by atoms with Crippen molar-refractivity contribution in [2.45, 2.75) is 6.92 Å². The Hall–Kier alpha value is -3.46. The van der Waals surface area contributed by atoms with Crippen LogP contribution < -0.4 is 15.0 Å². The Morgan fingerprint density at radius 1 is 1.14 bits per heavy atom. The van der Waals surface area contributed by atoms with E-state index >= 15 is 0 Å². The molecule has 0 bridgehead atoms. The lowest BCUT2D eigenvalue weighted by molar-refractivity contribution is -0.112. The number of para-hydroxylation sites is 2. The fourth-order valence-corrected chi connectivity index (χ4v) is 3.23. The normalized spacial score (nSPS) is 14.4. The summed E-state index contributed by atoms with van der Waals surface area (Å²) >= 11 is 0. The van der Waals surface area contributed by atoms with Crippen LogP contribution in [0.2, 0.25) is 0 Å². The summed E-state index contributed by atoms with van der Waals surface area (Å²) in [5.41, 5.74) is 2.90. The monoisotopic (exact) mass is 376 g/mol. The Morgan fingerprint density at radius 3 is 2.57 bits per heavy atom. The van der Waals surface area contributed by atoms with Crippen molar-refractivity contribution in [3.63, 3.8) is 0 Å². The number of carbonyl (C=O) groups excluding carboxylic acids is 1. The van der Waals surface area contributed by atoms with Crippen molar-refractivity contribution >= 4 is 17.3 Å². The Morgan fingerprint density at radius 2 is 1.89 bits per heavy atom. The van der Waals surface area contributed by atoms with Gasteiger partial charge in [0.2, 0.25) is 0 Å². The molecule has 0 aliphatic carbocycles. The van der Waals surface area contributed by atoms with Crippen molar-refractivity contribution < 1.29 is 9.53 Å². The third kappa shape index (κ3) is 4.63. The largest absolute Gasteiger partial charge is 0.495 e. The van der Waals surface area contributed by atoms with E-state index in [0.29, 0.717) is 5.69 Å². The second kappa shape index (κ2) is 8.96. The van der Waals surface area contributed by atoms with E-state index in [1.54, 1.807) is 13.3 Å². The van der Waals surface area contributed by atoms with Gasteiger partial charge in [-0.15, -0.1) is 0 Å². The molecule has 3 rings (SSSR count). The predicted molar refractivity (Wildman–Crippen MR) is 110 cm³/mol. The van der Waals surface area contributed by atoms with Gasteiger partial charge in [0.25, 0.3) is 5.91 Å². The Balaban J connectivity index is 1.63. The minimum absolute atomic E-state index is 0.104. The highest BCUT2D eigenvalue weighted by Crippen LogP contribution is 2.28. The van der Waals surface area contributed by atoms with Gasteiger partial charge in [-0.1, -0.05) is 24.3 Å². The van der Waals surface area contributed by atoms with E-state index in [1.165, 1.54) is 0 Å². The van der Waals surface area contributed by atoms with Crippen LogP contribution in [-0.2, 0) is 4.79 Å². The molecule has 2 aromatic rings. The highest BCUT2D eigenvalue weighted by atomic mass is 16.5. The Kier molecular flexibility index (Phi) is 6.18. The zero-order chi connectivity index (χ0) is 19.9. The number of rotatable bonds is 5. The first-order valence-electron chi connectivity index (χ1n) is 9.22. The lowest BCUT2D eigenvalue weighted by atomic mass is 10.2. The first kappa shape index (κ1) is 19.3. The van der Waals surface area contributed by atoms with Crippen LogP contribution in [0.5, 0.6) is 5.75 Å². The van der Waals surface area contributed by atoms with Crippen molar-refractivity contribution in [2.75, 3.05) is 43.5 Å². The molecule has 1 heterocycles. The number of piperazine rings is 1. The molecule has 1 saturated heterocycles. The third-order valence-electron chi connectivity index (χ3n) is 4.69. The molecule has 0 saturated carbocycles. The van der Waals surface area contributed by atoms with Gasteiger partial charge in [0.1, 0.15) is 17.4 Å². The average Bonchev–Trinajstić information content (AvgIpc) is 2.72. The molecule has 1 aliphatic heterocycles. The van der Waals surface area contributed by atoms with E-state index in [-0.39, 0.29) is 11.5 Å². The molecule has 0 spiro atoms. The van der Waals surface area contributed by atoms with E-state index in [4.69, 9.17) is 4.74 Å². The Bertz CT molecular complexity index is 909. The molecule has 1 amide bonds. The molecule has 1 N–H and O–H groups in total. The summed E-state index contributed by atoms with van der Waals surface area (Å²) in [6.45, 7) is 4.98. The van der Waals surface area contributed by atoms with Crippen molar-refractivity contribution in [3.8, 4) is 11.8 Å². The van der Waals surface area contributed by atoms with E-state index in [1.807, 2.05) is 66.4 Å². The lowest BCUT2D eigenvalue weighted by Gasteiger charge is -2.36. The summed E-state index contributed by atoms with van der Waals surface area (Å²) in [6, 6.07) is 17.5. The maximum Gasteiger partial charge on any atom is 0.267 e. The zero-order valence-electron chi connectivity index (χ0n) is 16.2. The molecular weight excluding hydrogens is 352 g/mol. The number of ether oxygens (including phenoxy) is 1. The second-order valence-corrected chi connectivity index (χ2v) is 6.67. The quantitative estimate of drug-likeness (QED) is 0.641. The van der Waals surface area contributed by atoms with Crippen LogP contribution in [0, 0.1) is 18.3 Å². The fraction of sp³-hybridized carbons (Fsp3) is 0.273. The number of nitriles is 1. The van der Waals surface area contributed by atoms with Crippen molar-refractivity contribution in [2.24, 2.45) is 0 Å². The van der Waals surface area contributed by atoms with Crippen LogP contribution in [0.15, 0.2) is 60.3 Å². The third-order valence-corrected chi connectivity index (χ3v) is 4.69. The maximum atomic E-state index is 12.4. The minimum Gasteiger partial charge on any atom is -0.495 e. The summed E-state index contributed by atoms with van der Waals surface area (Å²) < 4.78 is 5.44. The number of carbonyl (C=O) groups is 1. The molecule has 144 valence electrons. The SMILES string of the molecule is COc1ccccc1N1CCN(/C=C(/C#N)C(=O)Nc2cccc(C)c2)CC1. The van der Waals surface area contributed by atoms with Crippen LogP contribution in [0.25, 0.3) is 0 Å². The number of benzene rings is 2. The van der Waals surface area contributed by atoms with Gasteiger partial charge in [0, 0.05) is 38.1 Å². The van der Waals surface area contributed by atoms with Gasteiger partial charge >= 0.3 is 0 Å². The van der Waals surface area contributed by atoms with Gasteiger partial charge in [0.15, 0.2) is 0 Å². The number of methoxy groups -OCH3 is 1. The summed E-state index contributed by atoms with van der Waals surface area (Å²) in [7, 11) is 1.67. The summed E-state index contributed by atoms with van der Waals surface area (Å²) in [6.07, 6.45) is 1.66. The van der Waals surface area contributed by atoms with Gasteiger partial charge in [0.05, 0.1) is 12.8 Å². The fourth-order valence-electron chi connectivity index (χ4n) is 3.23. The first-order chi connectivity index (χ1) is 13.6. The number of nitrogens with one attached hydrogen (secondary N) is 1. The Labute approximate surface area is 165 Å². The van der Waals surface area contributed by atoms with Crippen LogP contribution in [0.4, 0.5) is 11.4 Å². The zero-order valence-corrected chi connectivity index (χ0v) is 16.2. The molecule has 28 heavy (non-hydrogen) atoms. The molecule has 0 unspecified atom stereocenters. The molecule has 6 heteroatoms. The second-order valence-electron chi connectivity index (χ2n) is 6.67. The number of hydrogen-bond acceptors (Lipinski definition) is 5. The van der Waals surface area contributed by atoms with Crippen LogP contribution >= 0.6 is 0 Å². The summed E-state index contributed by atoms with van der Waals surface area (Å²) in [5.74, 6) is 0.460. The summed E-state index contributed by atoms with van der Waals surface area (Å²) in [4.78, 5) is 16.7. The predicted octanol–water partition coefficient (Wildman–Crippen LogP) is 3.17. The molecule has 1 fully saturated rings. The average molecular weight is 376 g/mol. The van der Waals surface area contributed by atoms with Crippen molar-refractivity contribution in [3.05, 3.63) is 65.9 Å². The minimum atomic E-state index is -0.389. The van der Waals surface area contributed by atoms with Crippen LogP contribution in [-0.4, -0.2) is 44.1 Å². The number of hydrogen-bond donors (Lipinski definition) is 1. The van der Waals surface area contributed by atoms with Crippen LogP contribution in [0.1, 0.15) is 5.56 Å². The van der Waals surface area contributed by atoms with E-state index < -0.39 is 0 Å². The van der Waals surface area contributed by atoms with Crippen molar-refractivity contribution in [1.29, 1.82) is 5.26 Å². The van der Waals surface area contributed by atoms with Gasteiger partial charge in [-0.3, -0.25) is 4.79 Å². The van der Waals surface area contributed by atoms with Gasteiger partial charge in [-0.05, 0) is 36.8 Å². The molecular formula is C22H24N4O2. The molecule has 1 aliphatic rings. The number of anilines is 2. The van der Waals surface area contributed by atoms with E-state index in [2.05, 4.69) is 10.2 Å². The van der Waals surface area contributed by atoms with Gasteiger partial charge < -0.3 is 19.9 Å². The highest BCUT2D eigenvalue weighted by Gasteiger charge is 2.19.